The van der Waals surface area contributed by atoms with E-state index in [-0.39, 0.29) is 0 Å². The maximum atomic E-state index is 4.49. The highest BCUT2D eigenvalue weighted by Gasteiger charge is 2.17. The van der Waals surface area contributed by atoms with Crippen molar-refractivity contribution in [2.45, 2.75) is 38.6 Å². The van der Waals surface area contributed by atoms with E-state index in [4.69, 9.17) is 0 Å². The van der Waals surface area contributed by atoms with Crippen molar-refractivity contribution in [2.24, 2.45) is 0 Å². The average Bonchev–Trinajstić information content (AvgIpc) is 2.72. The molecule has 0 atom stereocenters. The summed E-state index contributed by atoms with van der Waals surface area (Å²) < 4.78 is 0. The molecule has 2 aromatic rings. The molecule has 0 aliphatic heterocycles. The van der Waals surface area contributed by atoms with Crippen LogP contribution >= 0.6 is 11.8 Å². The number of nitrogens with one attached hydrogen (secondary N) is 2. The second kappa shape index (κ2) is 4.82. The van der Waals surface area contributed by atoms with Crippen molar-refractivity contribution in [2.75, 3.05) is 5.75 Å². The van der Waals surface area contributed by atoms with Crippen LogP contribution in [0.3, 0.4) is 0 Å². The maximum Gasteiger partial charge on any atom is 0.299 e. The van der Waals surface area contributed by atoms with E-state index >= 15 is 0 Å². The van der Waals surface area contributed by atoms with E-state index < -0.39 is 0 Å². The fourth-order valence-electron chi connectivity index (χ4n) is 1.59. The number of hydrogen-bond donors (Lipinski definition) is 1. The first kappa shape index (κ1) is 11.4. The lowest BCUT2D eigenvalue weighted by Gasteiger charge is -1.95. The quantitative estimate of drug-likeness (QED) is 0.653. The van der Waals surface area contributed by atoms with Crippen molar-refractivity contribution >= 4 is 22.9 Å². The minimum absolute atomic E-state index is 0.836. The Morgan fingerprint density at radius 2 is 2.00 bits per heavy atom. The molecular weight excluding hydrogens is 220 g/mol. The summed E-state index contributed by atoms with van der Waals surface area (Å²) in [6.07, 6.45) is 1.82. The molecule has 0 saturated carbocycles. The van der Waals surface area contributed by atoms with Gasteiger partial charge < -0.3 is 4.98 Å². The molecule has 2 rings (SSSR count). The first-order valence-electron chi connectivity index (χ1n) is 5.72. The van der Waals surface area contributed by atoms with Gasteiger partial charge in [0.2, 0.25) is 0 Å². The molecule has 86 valence electrons. The molecule has 0 aliphatic carbocycles. The van der Waals surface area contributed by atoms with E-state index in [9.17, 15) is 0 Å². The second-order valence-corrected chi connectivity index (χ2v) is 4.81. The molecule has 2 aromatic heterocycles. The van der Waals surface area contributed by atoms with Crippen molar-refractivity contribution in [3.63, 3.8) is 0 Å². The van der Waals surface area contributed by atoms with Crippen LogP contribution in [0.5, 0.6) is 0 Å². The van der Waals surface area contributed by atoms with Gasteiger partial charge in [0.1, 0.15) is 5.82 Å². The van der Waals surface area contributed by atoms with E-state index in [1.807, 2.05) is 0 Å². The largest absolute Gasteiger partial charge is 0.335 e. The summed E-state index contributed by atoms with van der Waals surface area (Å²) >= 11 is 1.79. The Morgan fingerprint density at radius 3 is 2.62 bits per heavy atom. The Kier molecular flexibility index (Phi) is 3.43. The van der Waals surface area contributed by atoms with Gasteiger partial charge in [0.05, 0.1) is 6.42 Å². The predicted molar refractivity (Wildman–Crippen MR) is 65.6 cm³/mol. The smallest absolute Gasteiger partial charge is 0.299 e. The van der Waals surface area contributed by atoms with Crippen molar-refractivity contribution in [3.05, 3.63) is 11.6 Å². The highest BCUT2D eigenvalue weighted by Crippen LogP contribution is 2.21. The lowest BCUT2D eigenvalue weighted by molar-refractivity contribution is -0.439. The Hall–Kier alpha value is -1.10. The molecule has 0 bridgehead atoms. The molecule has 0 aromatic carbocycles. The van der Waals surface area contributed by atoms with Crippen LogP contribution in [0.25, 0.3) is 11.2 Å². The topological polar surface area (TPSA) is 55.7 Å². The number of thioether (sulfide) groups is 1. The number of H-pyrrole nitrogens is 2. The lowest BCUT2D eigenvalue weighted by atomic mass is 10.4. The van der Waals surface area contributed by atoms with Crippen LogP contribution < -0.4 is 4.98 Å². The Labute approximate surface area is 99.3 Å². The van der Waals surface area contributed by atoms with Gasteiger partial charge >= 0.3 is 0 Å². The van der Waals surface area contributed by atoms with Gasteiger partial charge in [-0.05, 0) is 10.7 Å². The summed E-state index contributed by atoms with van der Waals surface area (Å²) in [5.41, 5.74) is 1.88. The molecule has 16 heavy (non-hydrogen) atoms. The molecule has 0 radical (unpaired) electrons. The minimum atomic E-state index is 0.836. The third kappa shape index (κ3) is 2.04. The van der Waals surface area contributed by atoms with Crippen LogP contribution in [-0.2, 0) is 12.8 Å². The van der Waals surface area contributed by atoms with Gasteiger partial charge in [0.15, 0.2) is 10.5 Å². The van der Waals surface area contributed by atoms with Crippen molar-refractivity contribution in [3.8, 4) is 0 Å². The summed E-state index contributed by atoms with van der Waals surface area (Å²) in [6, 6.07) is 0. The Balaban J connectivity index is 2.59. The molecule has 0 amide bonds. The number of aryl methyl sites for hydroxylation is 2. The molecule has 2 N–H and O–H groups in total. The number of imidazole rings is 1. The van der Waals surface area contributed by atoms with Gasteiger partial charge in [-0.1, -0.05) is 32.5 Å². The van der Waals surface area contributed by atoms with Crippen molar-refractivity contribution in [1.82, 2.24) is 15.0 Å². The first-order chi connectivity index (χ1) is 7.78. The summed E-state index contributed by atoms with van der Waals surface area (Å²) in [7, 11) is 0. The fourth-order valence-corrected chi connectivity index (χ4v) is 2.35. The predicted octanol–water partition coefficient (Wildman–Crippen LogP) is 2.01. The van der Waals surface area contributed by atoms with Crippen LogP contribution in [0.1, 0.15) is 32.4 Å². The van der Waals surface area contributed by atoms with Crippen LogP contribution in [-0.4, -0.2) is 20.7 Å². The molecule has 4 nitrogen and oxygen atoms in total. The SMILES string of the molecule is CCSc1[nH+]c(CC)nc2nc(CC)[nH]c12. The van der Waals surface area contributed by atoms with Crippen LogP contribution in [0.2, 0.25) is 0 Å². The number of aromatic nitrogens is 4. The number of hydrogen-bond acceptors (Lipinski definition) is 3. The molecule has 0 unspecified atom stereocenters. The molecule has 0 fully saturated rings. The van der Waals surface area contributed by atoms with Crippen LogP contribution in [0, 0.1) is 0 Å². The summed E-state index contributed by atoms with van der Waals surface area (Å²) in [6.45, 7) is 6.33. The molecule has 5 heteroatoms. The minimum Gasteiger partial charge on any atom is -0.335 e. The third-order valence-electron chi connectivity index (χ3n) is 2.42. The van der Waals surface area contributed by atoms with Crippen molar-refractivity contribution in [1.29, 1.82) is 0 Å². The third-order valence-corrected chi connectivity index (χ3v) is 3.30. The van der Waals surface area contributed by atoms with E-state index in [0.29, 0.717) is 0 Å². The molecular formula is C11H17N4S+. The maximum absolute atomic E-state index is 4.49. The van der Waals surface area contributed by atoms with Gasteiger partial charge in [0.25, 0.3) is 11.5 Å². The number of nitrogens with zero attached hydrogens (tertiary/aromatic N) is 2. The van der Waals surface area contributed by atoms with E-state index in [1.54, 1.807) is 11.8 Å². The Morgan fingerprint density at radius 1 is 1.19 bits per heavy atom. The standard InChI is InChI=1S/C11H16N4S/c1-4-7-12-9-10(13-7)14-8(5-2)15-11(9)16-6-3/h4-6H2,1-3H3,(H,12,13,14,15)/p+1. The van der Waals surface area contributed by atoms with Gasteiger partial charge in [-0.3, -0.25) is 0 Å². The highest BCUT2D eigenvalue weighted by atomic mass is 32.2. The first-order valence-corrected chi connectivity index (χ1v) is 6.70. The normalized spacial score (nSPS) is 11.2. The molecule has 2 heterocycles. The van der Waals surface area contributed by atoms with E-state index in [2.05, 4.69) is 40.7 Å². The van der Waals surface area contributed by atoms with Gasteiger partial charge in [0, 0.05) is 6.42 Å². The highest BCUT2D eigenvalue weighted by molar-refractivity contribution is 7.99. The number of aromatic amines is 2. The van der Waals surface area contributed by atoms with E-state index in [0.717, 1.165) is 46.4 Å². The summed E-state index contributed by atoms with van der Waals surface area (Å²) in [4.78, 5) is 15.7. The summed E-state index contributed by atoms with van der Waals surface area (Å²) in [5, 5.41) is 1.15. The molecule has 0 aliphatic rings. The molecule has 0 saturated heterocycles. The zero-order chi connectivity index (χ0) is 11.5. The fraction of sp³-hybridized carbons (Fsp3) is 0.545. The number of rotatable bonds is 4. The van der Waals surface area contributed by atoms with Gasteiger partial charge in [-0.15, -0.1) is 0 Å². The van der Waals surface area contributed by atoms with Crippen LogP contribution in [0.4, 0.5) is 0 Å². The van der Waals surface area contributed by atoms with E-state index in [1.165, 1.54) is 0 Å². The number of fused-ring (bicyclic) bond motifs is 1. The lowest BCUT2D eigenvalue weighted by Crippen LogP contribution is -2.16. The monoisotopic (exact) mass is 237 g/mol. The van der Waals surface area contributed by atoms with Gasteiger partial charge in [-0.25, -0.2) is 4.98 Å². The summed E-state index contributed by atoms with van der Waals surface area (Å²) in [5.74, 6) is 3.04. The zero-order valence-corrected chi connectivity index (χ0v) is 10.7. The zero-order valence-electron chi connectivity index (χ0n) is 9.92. The average molecular weight is 237 g/mol. The molecule has 0 spiro atoms. The Bertz CT molecular complexity index is 492. The van der Waals surface area contributed by atoms with Crippen LogP contribution in [0.15, 0.2) is 5.03 Å². The van der Waals surface area contributed by atoms with Crippen molar-refractivity contribution < 1.29 is 4.98 Å². The van der Waals surface area contributed by atoms with Gasteiger partial charge in [-0.2, -0.15) is 4.98 Å². The second-order valence-electron chi connectivity index (χ2n) is 3.53.